The number of fused-ring (bicyclic) bond motifs is 1. The minimum atomic E-state index is -0.635. The molecule has 0 fully saturated rings. The normalized spacial score (nSPS) is 11.2. The number of hydrogen-bond donors (Lipinski definition) is 4. The molecule has 0 saturated heterocycles. The molecule has 4 N–H and O–H groups in total. The minimum Gasteiger partial charge on any atom is -0.445 e. The summed E-state index contributed by atoms with van der Waals surface area (Å²) in [6.45, 7) is 8.90. The predicted octanol–water partition coefficient (Wildman–Crippen LogP) is 4.96. The number of amides is 4. The average Bonchev–Trinajstić information content (AvgIpc) is 3.80. The van der Waals surface area contributed by atoms with Crippen LogP contribution in [0.4, 0.5) is 27.7 Å². The lowest BCUT2D eigenvalue weighted by Crippen LogP contribution is -2.27. The molecule has 0 spiro atoms. The van der Waals surface area contributed by atoms with Gasteiger partial charge in [-0.25, -0.2) is 9.78 Å². The summed E-state index contributed by atoms with van der Waals surface area (Å²) in [6.07, 6.45) is 7.23. The van der Waals surface area contributed by atoms with Crippen LogP contribution in [0.25, 0.3) is 10.9 Å². The van der Waals surface area contributed by atoms with Crippen LogP contribution in [-0.2, 0) is 30.7 Å². The summed E-state index contributed by atoms with van der Waals surface area (Å²) in [5, 5.41) is 11.6. The van der Waals surface area contributed by atoms with Crippen LogP contribution in [0.15, 0.2) is 73.8 Å². The third-order valence-corrected chi connectivity index (χ3v) is 7.47. The molecule has 0 radical (unpaired) electrons. The molecule has 0 aliphatic heterocycles. The van der Waals surface area contributed by atoms with E-state index in [1.807, 2.05) is 0 Å². The van der Waals surface area contributed by atoms with E-state index in [1.54, 1.807) is 106 Å². The van der Waals surface area contributed by atoms with Crippen LogP contribution >= 0.6 is 0 Å². The van der Waals surface area contributed by atoms with E-state index < -0.39 is 23.3 Å². The first-order chi connectivity index (χ1) is 23.1. The summed E-state index contributed by atoms with van der Waals surface area (Å²) in [6, 6.07) is 9.94. The van der Waals surface area contributed by atoms with Gasteiger partial charge >= 0.3 is 6.09 Å². The number of aryl methyl sites for hydroxylation is 3. The van der Waals surface area contributed by atoms with Gasteiger partial charge in [0.15, 0.2) is 5.82 Å². The first-order valence-electron chi connectivity index (χ1n) is 15.2. The molecular formula is C34H37N9O6. The van der Waals surface area contributed by atoms with Gasteiger partial charge in [-0.2, -0.15) is 0 Å². The quantitative estimate of drug-likeness (QED) is 0.161. The molecule has 15 nitrogen and oxygen atoms in total. The number of ether oxygens (including phenoxy) is 1. The number of imidazole rings is 1. The van der Waals surface area contributed by atoms with Gasteiger partial charge in [0.1, 0.15) is 18.0 Å². The van der Waals surface area contributed by atoms with Gasteiger partial charge in [-0.1, -0.05) is 33.4 Å². The zero-order chi connectivity index (χ0) is 35.6. The van der Waals surface area contributed by atoms with Crippen LogP contribution in [0.3, 0.4) is 0 Å². The zero-order valence-corrected chi connectivity index (χ0v) is 28.0. The van der Waals surface area contributed by atoms with Gasteiger partial charge < -0.3 is 34.4 Å². The predicted molar refractivity (Wildman–Crippen MR) is 185 cm³/mol. The zero-order valence-electron chi connectivity index (χ0n) is 28.0. The Hall–Kier alpha value is -6.38. The molecule has 4 heterocycles. The second-order valence-corrected chi connectivity index (χ2v) is 12.4. The number of carbonyl (C=O) groups is 5. The summed E-state index contributed by atoms with van der Waals surface area (Å²) in [5.74, 6) is -1.25. The van der Waals surface area contributed by atoms with Crippen molar-refractivity contribution in [1.29, 1.82) is 0 Å². The number of rotatable bonds is 9. The Morgan fingerprint density at radius 2 is 1.45 bits per heavy atom. The first kappa shape index (κ1) is 34.0. The van der Waals surface area contributed by atoms with Gasteiger partial charge in [-0.3, -0.25) is 29.1 Å². The molecule has 5 rings (SSSR count). The summed E-state index contributed by atoms with van der Waals surface area (Å²) in [5.41, 5.74) is 1.81. The van der Waals surface area contributed by atoms with E-state index in [1.165, 1.54) is 21.3 Å². The third kappa shape index (κ3) is 7.45. The van der Waals surface area contributed by atoms with Gasteiger partial charge in [0.05, 0.1) is 16.9 Å². The molecule has 0 bridgehead atoms. The summed E-state index contributed by atoms with van der Waals surface area (Å²) in [4.78, 5) is 68.3. The van der Waals surface area contributed by atoms with Crippen molar-refractivity contribution in [3.05, 3.63) is 91.1 Å². The molecule has 4 aromatic heterocycles. The number of nitrogens with one attached hydrogen (secondary N) is 4. The molecule has 0 aliphatic carbocycles. The molecule has 0 aliphatic rings. The van der Waals surface area contributed by atoms with Gasteiger partial charge in [0.25, 0.3) is 17.7 Å². The lowest BCUT2D eigenvalue weighted by molar-refractivity contribution is -0.123. The molecule has 15 heteroatoms. The van der Waals surface area contributed by atoms with E-state index >= 15 is 0 Å². The molecular weight excluding hydrogens is 630 g/mol. The van der Waals surface area contributed by atoms with E-state index in [2.05, 4.69) is 32.8 Å². The van der Waals surface area contributed by atoms with E-state index in [4.69, 9.17) is 4.74 Å². The number of nitrogens with zero attached hydrogens (tertiary/aromatic N) is 5. The third-order valence-electron chi connectivity index (χ3n) is 7.47. The van der Waals surface area contributed by atoms with Crippen LogP contribution in [0.5, 0.6) is 0 Å². The summed E-state index contributed by atoms with van der Waals surface area (Å²) < 4.78 is 11.1. The molecule has 5 aromatic rings. The van der Waals surface area contributed by atoms with Crippen LogP contribution in [0.2, 0.25) is 0 Å². The lowest BCUT2D eigenvalue weighted by atomic mass is 9.96. The van der Waals surface area contributed by atoms with E-state index in [0.29, 0.717) is 28.3 Å². The fraction of sp³-hybridized carbons (Fsp3) is 0.235. The Morgan fingerprint density at radius 3 is 2.12 bits per heavy atom. The SMILES string of the molecule is C=CCOC(=O)Nc1ccc2c(ccn2C(=O)c2cc(NC(=O)c3cc(NC(=O)c4nc(NC(=O)C(C)(C)C)cn4C)cn3C)cn2C)c1. The van der Waals surface area contributed by atoms with Crippen LogP contribution < -0.4 is 21.3 Å². The maximum absolute atomic E-state index is 13.5. The number of benzene rings is 1. The van der Waals surface area contributed by atoms with E-state index in [-0.39, 0.29) is 35.8 Å². The van der Waals surface area contributed by atoms with Crippen molar-refractivity contribution in [2.24, 2.45) is 26.6 Å². The van der Waals surface area contributed by atoms with Gasteiger partial charge in [-0.15, -0.1) is 0 Å². The van der Waals surface area contributed by atoms with Crippen molar-refractivity contribution in [3.63, 3.8) is 0 Å². The highest BCUT2D eigenvalue weighted by Crippen LogP contribution is 2.24. The van der Waals surface area contributed by atoms with E-state index in [0.717, 1.165) is 5.39 Å². The van der Waals surface area contributed by atoms with Crippen molar-refractivity contribution in [3.8, 4) is 0 Å². The van der Waals surface area contributed by atoms with E-state index in [9.17, 15) is 24.0 Å². The Labute approximate surface area is 281 Å². The van der Waals surface area contributed by atoms with Crippen molar-refractivity contribution in [1.82, 2.24) is 23.3 Å². The number of carbonyl (C=O) groups excluding carboxylic acids is 5. The monoisotopic (exact) mass is 667 g/mol. The molecule has 4 amide bonds. The van der Waals surface area contributed by atoms with Crippen molar-refractivity contribution in [2.75, 3.05) is 27.9 Å². The topological polar surface area (TPSA) is 175 Å². The van der Waals surface area contributed by atoms with Crippen LogP contribution in [0.1, 0.15) is 52.4 Å². The average molecular weight is 668 g/mol. The van der Waals surface area contributed by atoms with Crippen molar-refractivity contribution >= 4 is 63.5 Å². The Kier molecular flexibility index (Phi) is 9.28. The molecule has 1 aromatic carbocycles. The van der Waals surface area contributed by atoms with Crippen LogP contribution in [0, 0.1) is 5.41 Å². The van der Waals surface area contributed by atoms with Crippen molar-refractivity contribution in [2.45, 2.75) is 20.8 Å². The summed E-state index contributed by atoms with van der Waals surface area (Å²) in [7, 11) is 4.99. The highest BCUT2D eigenvalue weighted by atomic mass is 16.5. The lowest BCUT2D eigenvalue weighted by Gasteiger charge is -2.16. The standard InChI is InChI=1S/C34H37N9O6/c1-8-13-49-33(48)37-21-9-10-24-20(14-21)11-12-43(24)31(46)26-16-23(18-41(26)6)35-29(44)25-15-22(17-40(25)5)36-30(45)28-38-27(19-42(28)7)39-32(47)34(2,3)4/h8-12,14-19H,1,13H2,2-7H3,(H,35,44)(H,36,45)(H,37,48)(H,39,47). The van der Waals surface area contributed by atoms with Gasteiger partial charge in [-0.05, 0) is 36.4 Å². The fourth-order valence-electron chi connectivity index (χ4n) is 4.94. The fourth-order valence-corrected chi connectivity index (χ4v) is 4.94. The molecule has 0 saturated carbocycles. The highest BCUT2D eigenvalue weighted by Gasteiger charge is 2.24. The maximum atomic E-state index is 13.5. The van der Waals surface area contributed by atoms with Crippen molar-refractivity contribution < 1.29 is 28.7 Å². The Balaban J connectivity index is 1.25. The number of aromatic nitrogens is 5. The molecule has 0 unspecified atom stereocenters. The second kappa shape index (κ2) is 13.4. The minimum absolute atomic E-state index is 0.0667. The first-order valence-corrected chi connectivity index (χ1v) is 15.2. The smallest absolute Gasteiger partial charge is 0.411 e. The van der Waals surface area contributed by atoms with Gasteiger partial charge in [0.2, 0.25) is 11.7 Å². The second-order valence-electron chi connectivity index (χ2n) is 12.4. The van der Waals surface area contributed by atoms with Crippen LogP contribution in [-0.4, -0.2) is 59.6 Å². The Bertz CT molecular complexity index is 2120. The summed E-state index contributed by atoms with van der Waals surface area (Å²) >= 11 is 0. The molecule has 0 atom stereocenters. The van der Waals surface area contributed by atoms with Gasteiger partial charge in [0, 0.05) is 62.4 Å². The Morgan fingerprint density at radius 1 is 0.796 bits per heavy atom. The largest absolute Gasteiger partial charge is 0.445 e. The highest BCUT2D eigenvalue weighted by molar-refractivity contribution is 6.08. The number of anilines is 4. The molecule has 49 heavy (non-hydrogen) atoms. The maximum Gasteiger partial charge on any atom is 0.411 e. The number of hydrogen-bond acceptors (Lipinski definition) is 7. The molecule has 254 valence electrons.